The van der Waals surface area contributed by atoms with Crippen molar-refractivity contribution in [2.24, 2.45) is 7.05 Å². The number of hydroxylamine groups is 1. The number of ether oxygens (including phenoxy) is 2. The summed E-state index contributed by atoms with van der Waals surface area (Å²) in [5.74, 6) is 0.776. The number of nitrogens with zero attached hydrogens (tertiary/aromatic N) is 3. The van der Waals surface area contributed by atoms with E-state index in [0.717, 1.165) is 48.9 Å². The van der Waals surface area contributed by atoms with Crippen LogP contribution in [0.1, 0.15) is 66.7 Å². The molecule has 5 rings (SSSR count). The van der Waals surface area contributed by atoms with Crippen LogP contribution in [0.3, 0.4) is 0 Å². The van der Waals surface area contributed by atoms with Gasteiger partial charge in [0, 0.05) is 25.6 Å². The molecule has 1 aliphatic rings. The summed E-state index contributed by atoms with van der Waals surface area (Å²) >= 11 is 0. The maximum absolute atomic E-state index is 13.0. The molecule has 1 unspecified atom stereocenters. The number of aromatic nitrogens is 4. The molecule has 10 nitrogen and oxygen atoms in total. The smallest absolute Gasteiger partial charge is 0.277 e. The van der Waals surface area contributed by atoms with Crippen LogP contribution in [-0.2, 0) is 29.5 Å². The topological polar surface area (TPSA) is 120 Å². The molecule has 1 fully saturated rings. The summed E-state index contributed by atoms with van der Waals surface area (Å²) in [6, 6.07) is 13.3. The third-order valence-corrected chi connectivity index (χ3v) is 6.89. The van der Waals surface area contributed by atoms with Crippen LogP contribution in [0.4, 0.5) is 0 Å². The Balaban J connectivity index is 1.37. The predicted molar refractivity (Wildman–Crippen MR) is 151 cm³/mol. The molecule has 1 atom stereocenters. The molecule has 10 heteroatoms. The Bertz CT molecular complexity index is 1540. The van der Waals surface area contributed by atoms with Gasteiger partial charge in [-0.25, -0.2) is 15.3 Å². The van der Waals surface area contributed by atoms with E-state index in [9.17, 15) is 9.59 Å². The van der Waals surface area contributed by atoms with Gasteiger partial charge < -0.3 is 14.5 Å². The molecule has 0 saturated carbocycles. The van der Waals surface area contributed by atoms with Crippen molar-refractivity contribution in [2.75, 3.05) is 13.2 Å². The Morgan fingerprint density at radius 2 is 1.95 bits per heavy atom. The maximum atomic E-state index is 13.0. The molecule has 1 saturated heterocycles. The fraction of sp³-hybridized carbons (Fsp3) is 0.400. The van der Waals surface area contributed by atoms with Gasteiger partial charge in [-0.3, -0.25) is 14.3 Å². The highest BCUT2D eigenvalue weighted by atomic mass is 16.8. The highest BCUT2D eigenvalue weighted by molar-refractivity contribution is 5.93. The van der Waals surface area contributed by atoms with Crippen LogP contribution in [0, 0.1) is 0 Å². The van der Waals surface area contributed by atoms with Crippen LogP contribution in [0.25, 0.3) is 22.4 Å². The van der Waals surface area contributed by atoms with Crippen LogP contribution in [0.15, 0.2) is 47.3 Å². The van der Waals surface area contributed by atoms with Crippen LogP contribution in [0.2, 0.25) is 0 Å². The number of aryl methyl sites for hydroxylation is 2. The molecule has 1 aliphatic heterocycles. The number of hydrogen-bond donors (Lipinski definition) is 2. The largest absolute Gasteiger partial charge is 0.493 e. The van der Waals surface area contributed by atoms with Crippen LogP contribution >= 0.6 is 0 Å². The van der Waals surface area contributed by atoms with E-state index in [1.807, 2.05) is 37.3 Å². The number of H-pyrrole nitrogens is 1. The predicted octanol–water partition coefficient (Wildman–Crippen LogP) is 4.45. The highest BCUT2D eigenvalue weighted by Gasteiger charge is 2.19. The fourth-order valence-electron chi connectivity index (χ4n) is 4.93. The molecule has 0 aliphatic carbocycles. The lowest BCUT2D eigenvalue weighted by Gasteiger charge is -2.22. The average molecular weight is 546 g/mol. The summed E-state index contributed by atoms with van der Waals surface area (Å²) < 4.78 is 13.0. The number of carbonyl (C=O) groups excluding carboxylic acids is 1. The second-order valence-corrected chi connectivity index (χ2v) is 9.91. The Morgan fingerprint density at radius 1 is 1.15 bits per heavy atom. The van der Waals surface area contributed by atoms with Crippen LogP contribution in [-0.4, -0.2) is 45.2 Å². The third kappa shape index (κ3) is 6.08. The minimum Gasteiger partial charge on any atom is -0.493 e. The number of nitrogens with one attached hydrogen (secondary N) is 2. The van der Waals surface area contributed by atoms with Gasteiger partial charge in [-0.1, -0.05) is 31.5 Å². The first-order valence-corrected chi connectivity index (χ1v) is 13.8. The molecule has 4 aromatic rings. The maximum Gasteiger partial charge on any atom is 0.277 e. The van der Waals surface area contributed by atoms with Gasteiger partial charge in [0.05, 0.1) is 17.9 Å². The van der Waals surface area contributed by atoms with Gasteiger partial charge in [0.2, 0.25) is 0 Å². The van der Waals surface area contributed by atoms with Crippen molar-refractivity contribution in [3.63, 3.8) is 0 Å². The summed E-state index contributed by atoms with van der Waals surface area (Å²) in [5.41, 5.74) is 7.39. The summed E-state index contributed by atoms with van der Waals surface area (Å²) in [6.45, 7) is 5.12. The van der Waals surface area contributed by atoms with E-state index < -0.39 is 6.29 Å². The van der Waals surface area contributed by atoms with Gasteiger partial charge in [-0.15, -0.1) is 0 Å². The lowest BCUT2D eigenvalue weighted by molar-refractivity contribution is -0.186. The van der Waals surface area contributed by atoms with E-state index in [0.29, 0.717) is 53.4 Å². The van der Waals surface area contributed by atoms with Gasteiger partial charge in [-0.05, 0) is 68.0 Å². The molecule has 2 aromatic heterocycles. The van der Waals surface area contributed by atoms with E-state index in [1.165, 1.54) is 0 Å². The van der Waals surface area contributed by atoms with Gasteiger partial charge in [-0.2, -0.15) is 5.10 Å². The first-order valence-electron chi connectivity index (χ1n) is 13.8. The molecule has 40 heavy (non-hydrogen) atoms. The second-order valence-electron chi connectivity index (χ2n) is 9.91. The zero-order valence-corrected chi connectivity index (χ0v) is 23.2. The Morgan fingerprint density at radius 3 is 2.67 bits per heavy atom. The Kier molecular flexibility index (Phi) is 8.57. The van der Waals surface area contributed by atoms with E-state index >= 15 is 0 Å². The highest BCUT2D eigenvalue weighted by Crippen LogP contribution is 2.30. The minimum atomic E-state index is -0.396. The first kappa shape index (κ1) is 27.5. The lowest BCUT2D eigenvalue weighted by atomic mass is 10.0. The molecule has 3 heterocycles. The molecule has 2 N–H and O–H groups in total. The Hall–Kier alpha value is -4.02. The van der Waals surface area contributed by atoms with Gasteiger partial charge in [0.25, 0.3) is 11.5 Å². The van der Waals surface area contributed by atoms with Crippen LogP contribution in [0.5, 0.6) is 5.75 Å². The number of aromatic amines is 1. The summed E-state index contributed by atoms with van der Waals surface area (Å²) in [6.07, 6.45) is 4.66. The van der Waals surface area contributed by atoms with Gasteiger partial charge >= 0.3 is 0 Å². The molecular formula is C30H35N5O5. The van der Waals surface area contributed by atoms with Crippen molar-refractivity contribution in [3.8, 4) is 17.1 Å². The SMILES string of the molecule is CCCc1nn(C)c2c(=O)[nH]c(-c3cc(Cc4ccc(C(=O)NOC5CCCCO5)cc4)ccc3OCC)nc12. The number of amides is 1. The first-order chi connectivity index (χ1) is 19.5. The quantitative estimate of drug-likeness (QED) is 0.283. The third-order valence-electron chi connectivity index (χ3n) is 6.89. The molecule has 2 aromatic carbocycles. The number of hydrogen-bond acceptors (Lipinski definition) is 7. The molecule has 0 spiro atoms. The minimum absolute atomic E-state index is 0.238. The van der Waals surface area contributed by atoms with Crippen molar-refractivity contribution < 1.29 is 19.1 Å². The Labute approximate surface area is 232 Å². The van der Waals surface area contributed by atoms with Crippen LogP contribution < -0.4 is 15.8 Å². The summed E-state index contributed by atoms with van der Waals surface area (Å²) in [7, 11) is 1.76. The average Bonchev–Trinajstić information content (AvgIpc) is 3.29. The fourth-order valence-corrected chi connectivity index (χ4v) is 4.93. The second kappa shape index (κ2) is 12.4. The molecule has 0 radical (unpaired) electrons. The van der Waals surface area contributed by atoms with E-state index in [4.69, 9.17) is 19.3 Å². The van der Waals surface area contributed by atoms with Crippen molar-refractivity contribution in [1.29, 1.82) is 0 Å². The van der Waals surface area contributed by atoms with Crippen molar-refractivity contribution in [1.82, 2.24) is 25.2 Å². The van der Waals surface area contributed by atoms with E-state index in [1.54, 1.807) is 23.9 Å². The summed E-state index contributed by atoms with van der Waals surface area (Å²) in [4.78, 5) is 38.7. The molecule has 210 valence electrons. The number of benzene rings is 2. The number of rotatable bonds is 10. The zero-order chi connectivity index (χ0) is 28.1. The summed E-state index contributed by atoms with van der Waals surface area (Å²) in [5, 5.41) is 4.52. The monoisotopic (exact) mass is 545 g/mol. The molecular weight excluding hydrogens is 510 g/mol. The standard InChI is InChI=1S/C30H35N5O5/c1-4-8-23-26-27(35(3)33-23)30(37)32-28(31-26)22-18-20(12-15-24(22)38-5-2)17-19-10-13-21(14-11-19)29(36)34-40-25-9-6-7-16-39-25/h10-15,18,25H,4-9,16-17H2,1-3H3,(H,34,36)(H,31,32,37). The number of carbonyl (C=O) groups is 1. The van der Waals surface area contributed by atoms with Crippen molar-refractivity contribution in [2.45, 2.75) is 58.7 Å². The molecule has 0 bridgehead atoms. The van der Waals surface area contributed by atoms with E-state index in [2.05, 4.69) is 22.5 Å². The lowest BCUT2D eigenvalue weighted by Crippen LogP contribution is -2.33. The normalized spacial score (nSPS) is 15.3. The van der Waals surface area contributed by atoms with Crippen molar-refractivity contribution in [3.05, 3.63) is 75.2 Å². The van der Waals surface area contributed by atoms with E-state index in [-0.39, 0.29) is 11.5 Å². The van der Waals surface area contributed by atoms with Crippen molar-refractivity contribution >= 4 is 16.9 Å². The number of fused-ring (bicyclic) bond motifs is 1. The molecule has 1 amide bonds. The zero-order valence-electron chi connectivity index (χ0n) is 23.2. The van der Waals surface area contributed by atoms with Gasteiger partial charge in [0.15, 0.2) is 11.8 Å². The van der Waals surface area contributed by atoms with Gasteiger partial charge in [0.1, 0.15) is 17.1 Å².